The minimum atomic E-state index is -0.602. The maximum atomic E-state index is 13.1. The van der Waals surface area contributed by atoms with Gasteiger partial charge in [0, 0.05) is 17.5 Å². The van der Waals surface area contributed by atoms with Crippen LogP contribution in [0.15, 0.2) is 57.7 Å². The number of fused-ring (bicyclic) bond motifs is 1. The molecule has 0 unspecified atom stereocenters. The highest BCUT2D eigenvalue weighted by atomic mass is 16.5. The number of amides is 1. The lowest BCUT2D eigenvalue weighted by atomic mass is 10.1. The monoisotopic (exact) mass is 417 g/mol. The first kappa shape index (κ1) is 20.4. The number of hydrogen-bond donors (Lipinski definition) is 1. The Kier molecular flexibility index (Phi) is 5.33. The fourth-order valence-electron chi connectivity index (χ4n) is 3.62. The fraction of sp³-hybridized carbons (Fsp3) is 0.208. The third-order valence-electron chi connectivity index (χ3n) is 5.40. The van der Waals surface area contributed by atoms with Crippen LogP contribution in [-0.4, -0.2) is 22.8 Å². The highest BCUT2D eigenvalue weighted by Gasteiger charge is 2.19. The molecule has 0 atom stereocenters. The quantitative estimate of drug-likeness (QED) is 0.491. The van der Waals surface area contributed by atoms with E-state index in [1.54, 1.807) is 18.2 Å². The molecular formula is C24H23N3O4. The van der Waals surface area contributed by atoms with Crippen molar-refractivity contribution < 1.29 is 13.9 Å². The average molecular weight is 417 g/mol. The number of carbonyl (C=O) groups is 1. The predicted octanol–water partition coefficient (Wildman–Crippen LogP) is 4.22. The number of benzene rings is 2. The maximum absolute atomic E-state index is 13.1. The van der Waals surface area contributed by atoms with Gasteiger partial charge in [-0.2, -0.15) is 5.10 Å². The van der Waals surface area contributed by atoms with E-state index in [1.807, 2.05) is 30.7 Å². The van der Waals surface area contributed by atoms with Gasteiger partial charge in [0.2, 0.25) is 0 Å². The Bertz CT molecular complexity index is 1350. The highest BCUT2D eigenvalue weighted by molar-refractivity contribution is 6.12. The van der Waals surface area contributed by atoms with E-state index in [0.717, 1.165) is 11.3 Å². The Morgan fingerprint density at radius 1 is 1.13 bits per heavy atom. The fourth-order valence-corrected chi connectivity index (χ4v) is 3.62. The van der Waals surface area contributed by atoms with E-state index in [4.69, 9.17) is 9.15 Å². The summed E-state index contributed by atoms with van der Waals surface area (Å²) >= 11 is 0. The molecule has 0 saturated heterocycles. The summed E-state index contributed by atoms with van der Waals surface area (Å²) in [5, 5.41) is 8.06. The molecular weight excluding hydrogens is 394 g/mol. The summed E-state index contributed by atoms with van der Waals surface area (Å²) in [7, 11) is 1.52. The Labute approximate surface area is 179 Å². The van der Waals surface area contributed by atoms with E-state index in [0.29, 0.717) is 34.6 Å². The second-order valence-electron chi connectivity index (χ2n) is 7.43. The van der Waals surface area contributed by atoms with Crippen molar-refractivity contribution in [2.75, 3.05) is 12.4 Å². The van der Waals surface area contributed by atoms with Crippen molar-refractivity contribution >= 4 is 22.6 Å². The predicted molar refractivity (Wildman–Crippen MR) is 119 cm³/mol. The largest absolute Gasteiger partial charge is 0.497 e. The first-order valence-electron chi connectivity index (χ1n) is 9.89. The van der Waals surface area contributed by atoms with Crippen molar-refractivity contribution in [1.29, 1.82) is 0 Å². The van der Waals surface area contributed by atoms with Crippen LogP contribution in [0.5, 0.6) is 5.75 Å². The van der Waals surface area contributed by atoms with Gasteiger partial charge < -0.3 is 14.5 Å². The van der Waals surface area contributed by atoms with E-state index in [1.165, 1.54) is 18.7 Å². The third kappa shape index (κ3) is 3.94. The second-order valence-corrected chi connectivity index (χ2v) is 7.43. The number of anilines is 1. The lowest BCUT2D eigenvalue weighted by Gasteiger charge is -2.10. The Hall–Kier alpha value is -3.87. The van der Waals surface area contributed by atoms with Gasteiger partial charge in [0.25, 0.3) is 5.91 Å². The zero-order valence-electron chi connectivity index (χ0n) is 17.9. The standard InChI is InChI=1S/C24H23N3O4/c1-14-7-5-6-8-17(14)13-27-16(3)23(15(2)26-27)25-24(29)20-12-22(28)31-21-11-18(30-4)9-10-19(20)21/h5-12H,13H2,1-4H3,(H,25,29). The normalized spacial score (nSPS) is 11.0. The molecule has 0 saturated carbocycles. The second kappa shape index (κ2) is 8.10. The van der Waals surface area contributed by atoms with Crippen LogP contribution >= 0.6 is 0 Å². The average Bonchev–Trinajstić information content (AvgIpc) is 3.01. The van der Waals surface area contributed by atoms with Crippen LogP contribution in [0, 0.1) is 20.8 Å². The van der Waals surface area contributed by atoms with Crippen LogP contribution < -0.4 is 15.7 Å². The van der Waals surface area contributed by atoms with Crippen LogP contribution in [0.25, 0.3) is 11.0 Å². The molecule has 0 bridgehead atoms. The first-order chi connectivity index (χ1) is 14.9. The number of aryl methyl sites for hydroxylation is 2. The molecule has 0 aliphatic rings. The number of nitrogens with one attached hydrogen (secondary N) is 1. The Morgan fingerprint density at radius 2 is 1.90 bits per heavy atom. The summed E-state index contributed by atoms with van der Waals surface area (Å²) in [5.74, 6) is 0.141. The lowest BCUT2D eigenvalue weighted by Crippen LogP contribution is -2.16. The molecule has 0 fully saturated rings. The molecule has 0 aliphatic carbocycles. The molecule has 158 valence electrons. The smallest absolute Gasteiger partial charge is 0.337 e. The van der Waals surface area contributed by atoms with Crippen molar-refractivity contribution in [3.05, 3.63) is 87.0 Å². The molecule has 2 heterocycles. The molecule has 2 aromatic heterocycles. The minimum absolute atomic E-state index is 0.236. The Morgan fingerprint density at radius 3 is 2.65 bits per heavy atom. The van der Waals surface area contributed by atoms with Crippen molar-refractivity contribution in [3.8, 4) is 5.75 Å². The number of carbonyl (C=O) groups excluding carboxylic acids is 1. The molecule has 31 heavy (non-hydrogen) atoms. The summed E-state index contributed by atoms with van der Waals surface area (Å²) in [4.78, 5) is 25.1. The summed E-state index contributed by atoms with van der Waals surface area (Å²) in [6.45, 7) is 6.42. The number of nitrogens with zero attached hydrogens (tertiary/aromatic N) is 2. The molecule has 0 spiro atoms. The van der Waals surface area contributed by atoms with E-state index in [-0.39, 0.29) is 5.56 Å². The summed E-state index contributed by atoms with van der Waals surface area (Å²) in [5.41, 5.74) is 4.43. The van der Waals surface area contributed by atoms with Gasteiger partial charge in [-0.3, -0.25) is 9.48 Å². The topological polar surface area (TPSA) is 86.4 Å². The van der Waals surface area contributed by atoms with Crippen molar-refractivity contribution in [1.82, 2.24) is 9.78 Å². The number of ether oxygens (including phenoxy) is 1. The first-order valence-corrected chi connectivity index (χ1v) is 9.89. The van der Waals surface area contributed by atoms with E-state index in [2.05, 4.69) is 29.5 Å². The van der Waals surface area contributed by atoms with Gasteiger partial charge in [-0.25, -0.2) is 4.79 Å². The van der Waals surface area contributed by atoms with Crippen LogP contribution in [0.1, 0.15) is 32.9 Å². The van der Waals surface area contributed by atoms with Gasteiger partial charge in [-0.15, -0.1) is 0 Å². The van der Waals surface area contributed by atoms with Gasteiger partial charge in [0.1, 0.15) is 11.3 Å². The van der Waals surface area contributed by atoms with Crippen LogP contribution in [0.4, 0.5) is 5.69 Å². The molecule has 7 heteroatoms. The molecule has 7 nitrogen and oxygen atoms in total. The molecule has 2 aromatic carbocycles. The maximum Gasteiger partial charge on any atom is 0.337 e. The molecule has 4 aromatic rings. The molecule has 1 N–H and O–H groups in total. The van der Waals surface area contributed by atoms with E-state index in [9.17, 15) is 9.59 Å². The van der Waals surface area contributed by atoms with Crippen molar-refractivity contribution in [2.24, 2.45) is 0 Å². The third-order valence-corrected chi connectivity index (χ3v) is 5.40. The highest BCUT2D eigenvalue weighted by Crippen LogP contribution is 2.25. The van der Waals surface area contributed by atoms with E-state index < -0.39 is 11.5 Å². The van der Waals surface area contributed by atoms with Crippen molar-refractivity contribution in [2.45, 2.75) is 27.3 Å². The molecule has 1 amide bonds. The zero-order chi connectivity index (χ0) is 22.1. The molecule has 0 aliphatic heterocycles. The van der Waals surface area contributed by atoms with Crippen LogP contribution in [-0.2, 0) is 6.54 Å². The molecule has 4 rings (SSSR count). The van der Waals surface area contributed by atoms with Crippen LogP contribution in [0.3, 0.4) is 0 Å². The summed E-state index contributed by atoms with van der Waals surface area (Å²) in [6.07, 6.45) is 0. The van der Waals surface area contributed by atoms with Gasteiger partial charge in [0.05, 0.1) is 36.3 Å². The number of rotatable bonds is 5. The minimum Gasteiger partial charge on any atom is -0.497 e. The summed E-state index contributed by atoms with van der Waals surface area (Å²) < 4.78 is 12.3. The van der Waals surface area contributed by atoms with Gasteiger partial charge in [-0.1, -0.05) is 24.3 Å². The van der Waals surface area contributed by atoms with Gasteiger partial charge >= 0.3 is 5.63 Å². The lowest BCUT2D eigenvalue weighted by molar-refractivity contribution is 0.102. The number of methoxy groups -OCH3 is 1. The van der Waals surface area contributed by atoms with Gasteiger partial charge in [0.15, 0.2) is 0 Å². The van der Waals surface area contributed by atoms with E-state index >= 15 is 0 Å². The zero-order valence-corrected chi connectivity index (χ0v) is 17.9. The summed E-state index contributed by atoms with van der Waals surface area (Å²) in [6, 6.07) is 14.3. The van der Waals surface area contributed by atoms with Gasteiger partial charge in [-0.05, 0) is 44.0 Å². The van der Waals surface area contributed by atoms with Crippen molar-refractivity contribution in [3.63, 3.8) is 0 Å². The Balaban J connectivity index is 1.67. The number of aromatic nitrogens is 2. The SMILES string of the molecule is COc1ccc2c(C(=O)Nc3c(C)nn(Cc4ccccc4C)c3C)cc(=O)oc2c1. The molecule has 0 radical (unpaired) electrons. The van der Waals surface area contributed by atoms with Crippen LogP contribution in [0.2, 0.25) is 0 Å². The number of hydrogen-bond acceptors (Lipinski definition) is 5.